The molecule has 0 radical (unpaired) electrons. The van der Waals surface area contributed by atoms with Gasteiger partial charge in [-0.3, -0.25) is 0 Å². The number of hydrogen-bond donors (Lipinski definition) is 0. The summed E-state index contributed by atoms with van der Waals surface area (Å²) in [5, 5.41) is 0. The Morgan fingerprint density at radius 3 is 1.32 bits per heavy atom. The Morgan fingerprint density at radius 1 is 0.610 bits per heavy atom. The van der Waals surface area contributed by atoms with E-state index in [2.05, 4.69) is 23.9 Å². The Hall–Kier alpha value is -1.92. The number of hydrogen-bond acceptors (Lipinski definition) is 4. The summed E-state index contributed by atoms with van der Waals surface area (Å²) in [6, 6.07) is 9.86. The van der Waals surface area contributed by atoms with Crippen LogP contribution in [0.3, 0.4) is 0 Å². The highest BCUT2D eigenvalue weighted by Gasteiger charge is 2.01. The van der Waals surface area contributed by atoms with Crippen LogP contribution in [-0.4, -0.2) is 20.1 Å². The van der Waals surface area contributed by atoms with Crippen molar-refractivity contribution in [3.05, 3.63) is 54.4 Å². The molecule has 2 aromatic rings. The van der Waals surface area contributed by atoms with Crippen molar-refractivity contribution in [1.29, 1.82) is 0 Å². The van der Waals surface area contributed by atoms with E-state index in [0.29, 0.717) is 0 Å². The first-order valence-corrected chi connectivity index (χ1v) is 17.8. The molecule has 0 aliphatic rings. The Bertz CT molecular complexity index is 959. The van der Waals surface area contributed by atoms with Gasteiger partial charge in [-0.25, -0.2) is 13.0 Å². The van der Waals surface area contributed by atoms with Crippen LogP contribution < -0.4 is 9.30 Å². The van der Waals surface area contributed by atoms with E-state index >= 15 is 0 Å². The zero-order chi connectivity index (χ0) is 30.0. The molecule has 0 aliphatic carbocycles. The molecule has 0 N–H and O–H groups in total. The molecular weight excluding hydrogens is 530 g/mol. The summed E-state index contributed by atoms with van der Waals surface area (Å²) < 4.78 is 38.6. The molecular formula is C35H59NO4S. The monoisotopic (exact) mass is 589 g/mol. The summed E-state index contributed by atoms with van der Waals surface area (Å²) >= 11 is 0. The van der Waals surface area contributed by atoms with Gasteiger partial charge in [0, 0.05) is 18.6 Å². The highest BCUT2D eigenvalue weighted by molar-refractivity contribution is 7.85. The second-order valence-electron chi connectivity index (χ2n) is 11.5. The van der Waals surface area contributed by atoms with Gasteiger partial charge in [-0.05, 0) is 25.5 Å². The van der Waals surface area contributed by atoms with E-state index in [1.54, 1.807) is 19.2 Å². The molecule has 6 heteroatoms. The van der Waals surface area contributed by atoms with Crippen molar-refractivity contribution in [2.75, 3.05) is 7.11 Å². The zero-order valence-corrected chi connectivity index (χ0v) is 27.3. The van der Waals surface area contributed by atoms with Gasteiger partial charge >= 0.3 is 0 Å². The number of aryl methyl sites for hydroxylation is 2. The SMILES string of the molecule is CCCCCCCCCCCCCCCCCCCCCC[n+]1ccc(OC)cc1.Cc1ccc(S(=O)(=O)[O-])cc1. The first kappa shape index (κ1) is 37.1. The first-order valence-electron chi connectivity index (χ1n) is 16.4. The third-order valence-electron chi connectivity index (χ3n) is 7.68. The summed E-state index contributed by atoms with van der Waals surface area (Å²) in [4.78, 5) is -0.178. The predicted molar refractivity (Wildman–Crippen MR) is 170 cm³/mol. The molecule has 5 nitrogen and oxygen atoms in total. The van der Waals surface area contributed by atoms with Crippen molar-refractivity contribution in [2.45, 2.75) is 154 Å². The number of rotatable bonds is 23. The van der Waals surface area contributed by atoms with Gasteiger partial charge in [0.25, 0.3) is 0 Å². The first-order chi connectivity index (χ1) is 19.9. The van der Waals surface area contributed by atoms with Crippen LogP contribution in [0.25, 0.3) is 0 Å². The normalized spacial score (nSPS) is 11.2. The van der Waals surface area contributed by atoms with E-state index in [1.807, 2.05) is 19.1 Å². The topological polar surface area (TPSA) is 70.3 Å². The van der Waals surface area contributed by atoms with Crippen LogP contribution in [-0.2, 0) is 16.7 Å². The molecule has 0 amide bonds. The summed E-state index contributed by atoms with van der Waals surface area (Å²) in [7, 11) is -2.55. The average Bonchev–Trinajstić information content (AvgIpc) is 2.96. The molecule has 41 heavy (non-hydrogen) atoms. The number of benzene rings is 1. The lowest BCUT2D eigenvalue weighted by Crippen LogP contribution is -2.32. The second kappa shape index (κ2) is 24.7. The lowest BCUT2D eigenvalue weighted by atomic mass is 10.0. The van der Waals surface area contributed by atoms with E-state index < -0.39 is 10.1 Å². The van der Waals surface area contributed by atoms with Crippen LogP contribution in [0, 0.1) is 6.92 Å². The van der Waals surface area contributed by atoms with Crippen LogP contribution >= 0.6 is 0 Å². The molecule has 0 saturated heterocycles. The number of unbranched alkanes of at least 4 members (excludes halogenated alkanes) is 19. The Morgan fingerprint density at radius 2 is 0.976 bits per heavy atom. The maximum atomic E-state index is 10.4. The Balaban J connectivity index is 0.000000634. The lowest BCUT2D eigenvalue weighted by molar-refractivity contribution is -0.697. The molecule has 0 bridgehead atoms. The molecule has 0 unspecified atom stereocenters. The van der Waals surface area contributed by atoms with Crippen molar-refractivity contribution in [2.24, 2.45) is 0 Å². The minimum Gasteiger partial charge on any atom is -0.744 e. The summed E-state index contributed by atoms with van der Waals surface area (Å²) in [6.07, 6.45) is 33.0. The molecule has 234 valence electrons. The molecule has 1 aromatic carbocycles. The van der Waals surface area contributed by atoms with Crippen molar-refractivity contribution >= 4 is 10.1 Å². The molecule has 0 aliphatic heterocycles. The number of ether oxygens (including phenoxy) is 1. The summed E-state index contributed by atoms with van der Waals surface area (Å²) in [5.74, 6) is 0.940. The highest BCUT2D eigenvalue weighted by atomic mass is 32.2. The van der Waals surface area contributed by atoms with Gasteiger partial charge in [0.1, 0.15) is 22.4 Å². The maximum Gasteiger partial charge on any atom is 0.172 e. The van der Waals surface area contributed by atoms with Crippen molar-refractivity contribution in [3.63, 3.8) is 0 Å². The lowest BCUT2D eigenvalue weighted by Gasteiger charge is -2.05. The maximum absolute atomic E-state index is 10.4. The fourth-order valence-corrected chi connectivity index (χ4v) is 5.45. The van der Waals surface area contributed by atoms with Gasteiger partial charge in [-0.1, -0.05) is 140 Å². The van der Waals surface area contributed by atoms with Gasteiger partial charge in [0.2, 0.25) is 0 Å². The van der Waals surface area contributed by atoms with E-state index in [9.17, 15) is 13.0 Å². The van der Waals surface area contributed by atoms with Gasteiger partial charge < -0.3 is 9.29 Å². The Labute approximate surface area is 252 Å². The van der Waals surface area contributed by atoms with Crippen LogP contribution in [0.5, 0.6) is 5.75 Å². The number of methoxy groups -OCH3 is 1. The van der Waals surface area contributed by atoms with Crippen LogP contribution in [0.2, 0.25) is 0 Å². The third kappa shape index (κ3) is 21.4. The van der Waals surface area contributed by atoms with Crippen molar-refractivity contribution < 1.29 is 22.3 Å². The van der Waals surface area contributed by atoms with Gasteiger partial charge in [-0.15, -0.1) is 0 Å². The van der Waals surface area contributed by atoms with E-state index in [0.717, 1.165) is 17.9 Å². The van der Waals surface area contributed by atoms with Gasteiger partial charge in [0.05, 0.1) is 12.0 Å². The average molecular weight is 590 g/mol. The molecule has 0 atom stereocenters. The molecule has 1 heterocycles. The largest absolute Gasteiger partial charge is 0.744 e. The van der Waals surface area contributed by atoms with Crippen molar-refractivity contribution in [3.8, 4) is 5.75 Å². The second-order valence-corrected chi connectivity index (χ2v) is 12.8. The quantitative estimate of drug-likeness (QED) is 0.0735. The number of nitrogens with zero attached hydrogens (tertiary/aromatic N) is 1. The highest BCUT2D eigenvalue weighted by Crippen LogP contribution is 2.15. The van der Waals surface area contributed by atoms with Crippen LogP contribution in [0.15, 0.2) is 53.7 Å². The minimum atomic E-state index is -4.27. The molecule has 0 saturated carbocycles. The third-order valence-corrected chi connectivity index (χ3v) is 8.53. The summed E-state index contributed by atoms with van der Waals surface area (Å²) in [6.45, 7) is 5.25. The fraction of sp³-hybridized carbons (Fsp3) is 0.686. The van der Waals surface area contributed by atoms with Gasteiger partial charge in [0.15, 0.2) is 12.4 Å². The molecule has 2 rings (SSSR count). The minimum absolute atomic E-state index is 0.178. The van der Waals surface area contributed by atoms with Crippen LogP contribution in [0.4, 0.5) is 0 Å². The molecule has 1 aromatic heterocycles. The smallest absolute Gasteiger partial charge is 0.172 e. The van der Waals surface area contributed by atoms with Gasteiger partial charge in [-0.2, -0.15) is 0 Å². The van der Waals surface area contributed by atoms with Crippen molar-refractivity contribution in [1.82, 2.24) is 0 Å². The standard InChI is InChI=1S/C28H52NO.C7H8O3S/c1-3-4-5-6-7-8-9-10-11-12-13-14-15-16-17-18-19-20-21-22-25-29-26-23-28(30-2)24-27-29;1-6-2-4-7(5-3-6)11(8,9)10/h23-24,26-27H,3-22,25H2,1-2H3;2-5H,1H3,(H,8,9,10)/q+1;/p-1. The van der Waals surface area contributed by atoms with Crippen LogP contribution in [0.1, 0.15) is 141 Å². The number of pyridine rings is 1. The molecule has 0 fully saturated rings. The number of aromatic nitrogens is 1. The zero-order valence-electron chi connectivity index (χ0n) is 26.5. The van der Waals surface area contributed by atoms with E-state index in [4.69, 9.17) is 4.74 Å². The fourth-order valence-electron chi connectivity index (χ4n) is 4.98. The molecule has 0 spiro atoms. The van der Waals surface area contributed by atoms with E-state index in [1.165, 1.54) is 141 Å². The predicted octanol–water partition coefficient (Wildman–Crippen LogP) is 9.70. The summed E-state index contributed by atoms with van der Waals surface area (Å²) in [5.41, 5.74) is 0.928. The van der Waals surface area contributed by atoms with E-state index in [-0.39, 0.29) is 4.90 Å². The Kier molecular flexibility index (Phi) is 22.3.